The van der Waals surface area contributed by atoms with Crippen molar-refractivity contribution in [2.24, 2.45) is 5.92 Å². The van der Waals surface area contributed by atoms with Crippen LogP contribution in [0.1, 0.15) is 31.4 Å². The Kier molecular flexibility index (Phi) is 3.78. The molecule has 0 radical (unpaired) electrons. The number of rotatable bonds is 5. The summed E-state index contributed by atoms with van der Waals surface area (Å²) in [5.74, 6) is 3.51. The van der Waals surface area contributed by atoms with E-state index < -0.39 is 6.10 Å². The zero-order chi connectivity index (χ0) is 13.1. The molecule has 3 heteroatoms. The Balaban J connectivity index is 2.19. The standard InChI is InChI=1S/C15H19NO2/c1-3-8-16(10-12-4-5-12)13-6-7-14(11(2)17)15(18)9-13/h1,6-7,9,11-12,17-18H,4-5,8,10H2,2H3. The lowest BCUT2D eigenvalue weighted by Crippen LogP contribution is -2.25. The third-order valence-electron chi connectivity index (χ3n) is 3.29. The minimum Gasteiger partial charge on any atom is -0.507 e. The second-order valence-corrected chi connectivity index (χ2v) is 4.95. The first-order chi connectivity index (χ1) is 8.61. The van der Waals surface area contributed by atoms with Crippen LogP contribution in [0.5, 0.6) is 5.75 Å². The molecule has 2 rings (SSSR count). The highest BCUT2D eigenvalue weighted by atomic mass is 16.3. The number of aromatic hydroxyl groups is 1. The van der Waals surface area contributed by atoms with Gasteiger partial charge in [0, 0.05) is 23.9 Å². The van der Waals surface area contributed by atoms with Gasteiger partial charge in [0.1, 0.15) is 5.75 Å². The van der Waals surface area contributed by atoms with Crippen molar-refractivity contribution < 1.29 is 10.2 Å². The van der Waals surface area contributed by atoms with E-state index in [-0.39, 0.29) is 5.75 Å². The van der Waals surface area contributed by atoms with E-state index >= 15 is 0 Å². The molecule has 0 heterocycles. The summed E-state index contributed by atoms with van der Waals surface area (Å²) in [5.41, 5.74) is 1.47. The van der Waals surface area contributed by atoms with Gasteiger partial charge in [0.05, 0.1) is 12.6 Å². The normalized spacial score (nSPS) is 16.1. The number of anilines is 1. The minimum absolute atomic E-state index is 0.125. The van der Waals surface area contributed by atoms with E-state index in [9.17, 15) is 10.2 Å². The van der Waals surface area contributed by atoms with Crippen LogP contribution in [0.25, 0.3) is 0 Å². The summed E-state index contributed by atoms with van der Waals surface area (Å²) >= 11 is 0. The van der Waals surface area contributed by atoms with E-state index in [1.807, 2.05) is 6.07 Å². The van der Waals surface area contributed by atoms with E-state index in [4.69, 9.17) is 6.42 Å². The first-order valence-corrected chi connectivity index (χ1v) is 6.31. The average Bonchev–Trinajstić information content (AvgIpc) is 3.11. The van der Waals surface area contributed by atoms with Crippen LogP contribution in [-0.4, -0.2) is 23.3 Å². The quantitative estimate of drug-likeness (QED) is 0.782. The third-order valence-corrected chi connectivity index (χ3v) is 3.29. The van der Waals surface area contributed by atoms with Crippen molar-refractivity contribution in [3.05, 3.63) is 23.8 Å². The Hall–Kier alpha value is -1.66. The van der Waals surface area contributed by atoms with Crippen molar-refractivity contribution in [1.29, 1.82) is 0 Å². The van der Waals surface area contributed by atoms with Crippen LogP contribution in [0.3, 0.4) is 0 Å². The molecule has 1 atom stereocenters. The third kappa shape index (κ3) is 2.96. The molecule has 18 heavy (non-hydrogen) atoms. The van der Waals surface area contributed by atoms with Crippen molar-refractivity contribution in [2.45, 2.75) is 25.9 Å². The smallest absolute Gasteiger partial charge is 0.123 e. The molecule has 96 valence electrons. The van der Waals surface area contributed by atoms with E-state index in [2.05, 4.69) is 10.8 Å². The van der Waals surface area contributed by atoms with Gasteiger partial charge in [-0.3, -0.25) is 0 Å². The molecule has 3 nitrogen and oxygen atoms in total. The number of nitrogens with zero attached hydrogens (tertiary/aromatic N) is 1. The molecule has 0 spiro atoms. The zero-order valence-corrected chi connectivity index (χ0v) is 10.6. The van der Waals surface area contributed by atoms with Gasteiger partial charge in [-0.05, 0) is 31.7 Å². The molecule has 0 amide bonds. The van der Waals surface area contributed by atoms with E-state index in [0.717, 1.165) is 18.2 Å². The Morgan fingerprint density at radius 3 is 2.72 bits per heavy atom. The Morgan fingerprint density at radius 1 is 1.50 bits per heavy atom. The SMILES string of the molecule is C#CCN(CC1CC1)c1ccc(C(C)O)c(O)c1. The number of aliphatic hydroxyl groups is 1. The largest absolute Gasteiger partial charge is 0.507 e. The Morgan fingerprint density at radius 2 is 2.22 bits per heavy atom. The second kappa shape index (κ2) is 5.32. The van der Waals surface area contributed by atoms with Gasteiger partial charge >= 0.3 is 0 Å². The van der Waals surface area contributed by atoms with Crippen molar-refractivity contribution in [3.8, 4) is 18.1 Å². The highest BCUT2D eigenvalue weighted by Gasteiger charge is 2.24. The van der Waals surface area contributed by atoms with E-state index in [1.165, 1.54) is 12.8 Å². The molecule has 1 aliphatic carbocycles. The topological polar surface area (TPSA) is 43.7 Å². The lowest BCUT2D eigenvalue weighted by molar-refractivity contribution is 0.195. The van der Waals surface area contributed by atoms with Crippen LogP contribution >= 0.6 is 0 Å². The van der Waals surface area contributed by atoms with Crippen LogP contribution in [0.4, 0.5) is 5.69 Å². The van der Waals surface area contributed by atoms with Crippen LogP contribution in [0.15, 0.2) is 18.2 Å². The van der Waals surface area contributed by atoms with Gasteiger partial charge in [0.25, 0.3) is 0 Å². The predicted octanol–water partition coefficient (Wildman–Crippen LogP) is 2.30. The van der Waals surface area contributed by atoms with Gasteiger partial charge < -0.3 is 15.1 Å². The summed E-state index contributed by atoms with van der Waals surface area (Å²) in [6.45, 7) is 3.12. The molecule has 0 saturated heterocycles. The summed E-state index contributed by atoms with van der Waals surface area (Å²) in [6, 6.07) is 5.34. The lowest BCUT2D eigenvalue weighted by atomic mass is 10.1. The molecule has 1 fully saturated rings. The van der Waals surface area contributed by atoms with Crippen molar-refractivity contribution in [3.63, 3.8) is 0 Å². The maximum absolute atomic E-state index is 9.89. The minimum atomic E-state index is -0.663. The molecule has 1 aromatic carbocycles. The molecule has 1 unspecified atom stereocenters. The number of aliphatic hydroxyl groups excluding tert-OH is 1. The van der Waals surface area contributed by atoms with Gasteiger partial charge in [-0.2, -0.15) is 0 Å². The van der Waals surface area contributed by atoms with Crippen LogP contribution in [0, 0.1) is 18.3 Å². The summed E-state index contributed by atoms with van der Waals surface area (Å²) in [5, 5.41) is 19.4. The maximum Gasteiger partial charge on any atom is 0.123 e. The van der Waals surface area contributed by atoms with Gasteiger partial charge in [0.15, 0.2) is 0 Å². The van der Waals surface area contributed by atoms with Gasteiger partial charge in [-0.25, -0.2) is 0 Å². The lowest BCUT2D eigenvalue weighted by Gasteiger charge is -2.23. The highest BCUT2D eigenvalue weighted by Crippen LogP contribution is 2.33. The summed E-state index contributed by atoms with van der Waals surface area (Å²) < 4.78 is 0. The first-order valence-electron chi connectivity index (χ1n) is 6.31. The van der Waals surface area contributed by atoms with Crippen LogP contribution < -0.4 is 4.90 Å². The first kappa shape index (κ1) is 12.8. The van der Waals surface area contributed by atoms with Crippen LogP contribution in [0.2, 0.25) is 0 Å². The van der Waals surface area contributed by atoms with Gasteiger partial charge in [0.2, 0.25) is 0 Å². The van der Waals surface area contributed by atoms with Crippen molar-refractivity contribution in [2.75, 3.05) is 18.0 Å². The summed E-state index contributed by atoms with van der Waals surface area (Å²) in [7, 11) is 0. The Bertz CT molecular complexity index is 458. The van der Waals surface area contributed by atoms with Gasteiger partial charge in [-0.1, -0.05) is 12.0 Å². The molecular formula is C15H19NO2. The highest BCUT2D eigenvalue weighted by molar-refractivity contribution is 5.54. The molecular weight excluding hydrogens is 226 g/mol. The van der Waals surface area contributed by atoms with Crippen LogP contribution in [-0.2, 0) is 0 Å². The van der Waals surface area contributed by atoms with E-state index in [1.54, 1.807) is 19.1 Å². The number of hydrogen-bond donors (Lipinski definition) is 2. The maximum atomic E-state index is 9.89. The number of phenols is 1. The number of hydrogen-bond acceptors (Lipinski definition) is 3. The summed E-state index contributed by atoms with van der Waals surface area (Å²) in [6.07, 6.45) is 7.25. The molecule has 0 bridgehead atoms. The fraction of sp³-hybridized carbons (Fsp3) is 0.467. The molecule has 2 N–H and O–H groups in total. The number of phenolic OH excluding ortho intramolecular Hbond substituents is 1. The second-order valence-electron chi connectivity index (χ2n) is 4.95. The molecule has 1 saturated carbocycles. The fourth-order valence-corrected chi connectivity index (χ4v) is 2.07. The molecule has 0 aromatic heterocycles. The summed E-state index contributed by atoms with van der Waals surface area (Å²) in [4.78, 5) is 2.10. The molecule has 0 aliphatic heterocycles. The monoisotopic (exact) mass is 245 g/mol. The predicted molar refractivity (Wildman–Crippen MR) is 72.5 cm³/mol. The number of terminal acetylenes is 1. The number of benzene rings is 1. The zero-order valence-electron chi connectivity index (χ0n) is 10.6. The van der Waals surface area contributed by atoms with Crippen molar-refractivity contribution >= 4 is 5.69 Å². The van der Waals surface area contributed by atoms with E-state index in [0.29, 0.717) is 12.1 Å². The van der Waals surface area contributed by atoms with Crippen molar-refractivity contribution in [1.82, 2.24) is 0 Å². The Labute approximate surface area is 108 Å². The fourth-order valence-electron chi connectivity index (χ4n) is 2.07. The molecule has 1 aliphatic rings. The average molecular weight is 245 g/mol. The van der Waals surface area contributed by atoms with Gasteiger partial charge in [-0.15, -0.1) is 6.42 Å². The molecule has 1 aromatic rings.